The van der Waals surface area contributed by atoms with E-state index in [-0.39, 0.29) is 12.0 Å². The Labute approximate surface area is 199 Å². The lowest BCUT2D eigenvalue weighted by Crippen LogP contribution is -2.25. The number of hydrogen-bond donors (Lipinski definition) is 1. The fraction of sp³-hybridized carbons (Fsp3) is 0.480. The fourth-order valence-electron chi connectivity index (χ4n) is 4.21. The number of nitrogens with one attached hydrogen (secondary N) is 1. The van der Waals surface area contributed by atoms with Gasteiger partial charge >= 0.3 is 0 Å². The molecule has 1 amide bonds. The highest BCUT2D eigenvalue weighted by Crippen LogP contribution is 2.24. The molecule has 1 unspecified atom stereocenters. The highest BCUT2D eigenvalue weighted by molar-refractivity contribution is 7.99. The van der Waals surface area contributed by atoms with Crippen molar-refractivity contribution >= 4 is 17.7 Å². The zero-order valence-corrected chi connectivity index (χ0v) is 20.7. The van der Waals surface area contributed by atoms with E-state index < -0.39 is 0 Å². The second kappa shape index (κ2) is 10.6. The minimum absolute atomic E-state index is 0.00316. The third kappa shape index (κ3) is 5.68. The molecule has 0 aliphatic carbocycles. The molecular formula is C25H33N5O2S. The molecule has 1 fully saturated rings. The van der Waals surface area contributed by atoms with Gasteiger partial charge in [0.25, 0.3) is 0 Å². The molecule has 1 saturated heterocycles. The van der Waals surface area contributed by atoms with E-state index in [9.17, 15) is 4.79 Å². The molecule has 0 saturated carbocycles. The van der Waals surface area contributed by atoms with Gasteiger partial charge in [-0.15, -0.1) is 0 Å². The molecule has 1 aliphatic rings. The van der Waals surface area contributed by atoms with Gasteiger partial charge in [0.2, 0.25) is 5.91 Å². The smallest absolute Gasteiger partial charge is 0.230 e. The van der Waals surface area contributed by atoms with Gasteiger partial charge in [-0.2, -0.15) is 5.10 Å². The van der Waals surface area contributed by atoms with Crippen LogP contribution >= 0.6 is 11.8 Å². The Morgan fingerprint density at radius 3 is 2.67 bits per heavy atom. The van der Waals surface area contributed by atoms with E-state index >= 15 is 0 Å². The summed E-state index contributed by atoms with van der Waals surface area (Å²) in [7, 11) is 0. The monoisotopic (exact) mass is 467 g/mol. The summed E-state index contributed by atoms with van der Waals surface area (Å²) in [5.74, 6) is 0.328. The molecule has 0 bridgehead atoms. The molecule has 1 atom stereocenters. The van der Waals surface area contributed by atoms with Crippen molar-refractivity contribution in [2.75, 3.05) is 12.4 Å². The van der Waals surface area contributed by atoms with Crippen molar-refractivity contribution in [1.29, 1.82) is 0 Å². The van der Waals surface area contributed by atoms with Crippen molar-refractivity contribution in [1.82, 2.24) is 24.6 Å². The van der Waals surface area contributed by atoms with Crippen LogP contribution in [0.25, 0.3) is 0 Å². The number of hydrogen-bond acceptors (Lipinski definition) is 5. The molecule has 0 spiro atoms. The molecule has 1 aliphatic heterocycles. The number of aromatic nitrogens is 4. The van der Waals surface area contributed by atoms with Crippen molar-refractivity contribution in [3.63, 3.8) is 0 Å². The first-order valence-electron chi connectivity index (χ1n) is 11.5. The molecule has 3 heterocycles. The first-order chi connectivity index (χ1) is 15.9. The summed E-state index contributed by atoms with van der Waals surface area (Å²) in [4.78, 5) is 17.3. The standard InChI is InChI=1S/C25H33N5O2S/c1-17-19(3)29(15-22-11-8-12-32-22)25(27-17)33-16-24(31)26-13-23-18(2)28-30(20(23)4)14-21-9-6-5-7-10-21/h5-7,9-10,22H,8,11-16H2,1-4H3,(H,26,31). The molecule has 1 N–H and O–H groups in total. The first-order valence-corrected chi connectivity index (χ1v) is 12.5. The lowest BCUT2D eigenvalue weighted by Gasteiger charge is -2.14. The average molecular weight is 468 g/mol. The zero-order chi connectivity index (χ0) is 23.4. The maximum absolute atomic E-state index is 12.6. The fourth-order valence-corrected chi connectivity index (χ4v) is 5.14. The van der Waals surface area contributed by atoms with Crippen LogP contribution in [0.2, 0.25) is 0 Å². The number of thioether (sulfide) groups is 1. The van der Waals surface area contributed by atoms with E-state index in [1.54, 1.807) is 0 Å². The number of imidazole rings is 1. The first kappa shape index (κ1) is 23.6. The van der Waals surface area contributed by atoms with Crippen LogP contribution in [0, 0.1) is 27.7 Å². The molecule has 8 heteroatoms. The van der Waals surface area contributed by atoms with Crippen molar-refractivity contribution < 1.29 is 9.53 Å². The summed E-state index contributed by atoms with van der Waals surface area (Å²) < 4.78 is 10.0. The Kier molecular flexibility index (Phi) is 7.55. The number of amides is 1. The molecule has 0 radical (unpaired) electrons. The third-order valence-electron chi connectivity index (χ3n) is 6.33. The van der Waals surface area contributed by atoms with Gasteiger partial charge in [-0.05, 0) is 46.1 Å². The number of rotatable bonds is 9. The molecule has 4 rings (SSSR count). The minimum Gasteiger partial charge on any atom is -0.376 e. The average Bonchev–Trinajstić information content (AvgIpc) is 3.48. The molecular weight excluding hydrogens is 434 g/mol. The van der Waals surface area contributed by atoms with Gasteiger partial charge in [0, 0.05) is 30.1 Å². The summed E-state index contributed by atoms with van der Waals surface area (Å²) in [5, 5.41) is 8.64. The van der Waals surface area contributed by atoms with E-state index in [2.05, 4.69) is 41.0 Å². The molecule has 2 aromatic heterocycles. The largest absolute Gasteiger partial charge is 0.376 e. The number of benzene rings is 1. The highest BCUT2D eigenvalue weighted by atomic mass is 32.2. The zero-order valence-electron chi connectivity index (χ0n) is 19.9. The number of nitrogens with zero attached hydrogens (tertiary/aromatic N) is 4. The topological polar surface area (TPSA) is 74.0 Å². The Hall–Kier alpha value is -2.58. The molecule has 7 nitrogen and oxygen atoms in total. The van der Waals surface area contributed by atoms with Crippen molar-refractivity contribution in [3.8, 4) is 0 Å². The number of ether oxygens (including phenoxy) is 1. The van der Waals surface area contributed by atoms with Crippen molar-refractivity contribution in [2.45, 2.75) is 71.4 Å². The van der Waals surface area contributed by atoms with E-state index in [0.29, 0.717) is 12.3 Å². The predicted octanol–water partition coefficient (Wildman–Crippen LogP) is 3.95. The maximum atomic E-state index is 12.6. The van der Waals surface area contributed by atoms with Crippen molar-refractivity contribution in [3.05, 3.63) is 64.2 Å². The van der Waals surface area contributed by atoms with E-state index in [1.165, 1.54) is 17.3 Å². The van der Waals surface area contributed by atoms with Crippen LogP contribution in [0.15, 0.2) is 35.5 Å². The highest BCUT2D eigenvalue weighted by Gasteiger charge is 2.21. The number of aryl methyl sites for hydroxylation is 2. The van der Waals surface area contributed by atoms with Crippen LogP contribution in [0.1, 0.15) is 46.7 Å². The summed E-state index contributed by atoms with van der Waals surface area (Å²) in [5.41, 5.74) is 6.48. The number of carbonyl (C=O) groups is 1. The maximum Gasteiger partial charge on any atom is 0.230 e. The summed E-state index contributed by atoms with van der Waals surface area (Å²) in [6.45, 7) is 11.0. The number of carbonyl (C=O) groups excluding carboxylic acids is 1. The van der Waals surface area contributed by atoms with Gasteiger partial charge in [0.1, 0.15) is 0 Å². The van der Waals surface area contributed by atoms with Gasteiger partial charge < -0.3 is 14.6 Å². The van der Waals surface area contributed by atoms with Crippen LogP contribution in [-0.2, 0) is 29.2 Å². The SMILES string of the molecule is Cc1nn(Cc2ccccc2)c(C)c1CNC(=O)CSc1nc(C)c(C)n1CC1CCCO1. The van der Waals surface area contributed by atoms with Gasteiger partial charge in [0.05, 0.1) is 36.3 Å². The van der Waals surface area contributed by atoms with Crippen LogP contribution in [0.5, 0.6) is 0 Å². The molecule has 33 heavy (non-hydrogen) atoms. The summed E-state index contributed by atoms with van der Waals surface area (Å²) in [6.07, 6.45) is 2.44. The molecule has 176 valence electrons. The van der Waals surface area contributed by atoms with Gasteiger partial charge in [0.15, 0.2) is 5.16 Å². The Morgan fingerprint density at radius 2 is 1.94 bits per heavy atom. The minimum atomic E-state index is -0.00316. The van der Waals surface area contributed by atoms with Crippen LogP contribution in [0.3, 0.4) is 0 Å². The van der Waals surface area contributed by atoms with Crippen LogP contribution < -0.4 is 5.32 Å². The Balaban J connectivity index is 1.33. The Morgan fingerprint density at radius 1 is 1.15 bits per heavy atom. The third-order valence-corrected chi connectivity index (χ3v) is 7.31. The predicted molar refractivity (Wildman–Crippen MR) is 130 cm³/mol. The summed E-state index contributed by atoms with van der Waals surface area (Å²) >= 11 is 1.49. The van der Waals surface area contributed by atoms with Gasteiger partial charge in [-0.1, -0.05) is 42.1 Å². The molecule has 3 aromatic rings. The lowest BCUT2D eigenvalue weighted by atomic mass is 10.2. The van der Waals surface area contributed by atoms with Crippen molar-refractivity contribution in [2.24, 2.45) is 0 Å². The second-order valence-corrected chi connectivity index (χ2v) is 9.61. The van der Waals surface area contributed by atoms with Gasteiger partial charge in [-0.3, -0.25) is 9.48 Å². The quantitative estimate of drug-likeness (QED) is 0.483. The van der Waals surface area contributed by atoms with E-state index in [1.807, 2.05) is 36.7 Å². The lowest BCUT2D eigenvalue weighted by molar-refractivity contribution is -0.118. The van der Waals surface area contributed by atoms with Crippen LogP contribution in [-0.4, -0.2) is 43.7 Å². The van der Waals surface area contributed by atoms with Crippen LogP contribution in [0.4, 0.5) is 0 Å². The second-order valence-electron chi connectivity index (χ2n) is 8.67. The summed E-state index contributed by atoms with van der Waals surface area (Å²) in [6, 6.07) is 10.3. The molecule has 1 aromatic carbocycles. The van der Waals surface area contributed by atoms with Gasteiger partial charge in [-0.25, -0.2) is 4.98 Å². The van der Waals surface area contributed by atoms with E-state index in [4.69, 9.17) is 9.72 Å². The van der Waals surface area contributed by atoms with E-state index in [0.717, 1.165) is 66.0 Å². The normalized spacial score (nSPS) is 15.8. The Bertz CT molecular complexity index is 1100.